The molecule has 0 aromatic carbocycles. The second-order valence-corrected chi connectivity index (χ2v) is 17.1. The standard InChI is InChI=1S/C37H65N6O10P/c1-13-28(44)37(9)31(43(34(46)53-37)17-15-14-16-40-41-38)25(5)39-21-22(2)20-36(8,48-12)29(19-27-24(4)32(45)52-35(6,7)51-27)50-33-30(54-47)26(42(10)11)18-23(3)49-33/h22-23,25-26,28-31,33,39,44H,13-21H2,1-12H3/t22-,23?,25-,26?,28-,29-,30?,31-,33+,36-,37-/m1/s1. The van der Waals surface area contributed by atoms with Gasteiger partial charge in [-0.1, -0.05) is 19.0 Å². The minimum atomic E-state index is -1.18. The topological polar surface area (TPSA) is 194 Å². The minimum Gasteiger partial charge on any atom is -0.457 e. The molecule has 308 valence electrons. The summed E-state index contributed by atoms with van der Waals surface area (Å²) in [5.41, 5.74) is 6.39. The molecule has 3 unspecified atom stereocenters. The Balaban J connectivity index is 1.88. The molecule has 3 aliphatic heterocycles. The Hall–Kier alpha value is -2.55. The molecule has 3 aliphatic rings. The van der Waals surface area contributed by atoms with Crippen molar-refractivity contribution >= 4 is 20.5 Å². The van der Waals surface area contributed by atoms with Crippen LogP contribution in [-0.4, -0.2) is 133 Å². The first-order chi connectivity index (χ1) is 25.3. The lowest BCUT2D eigenvalue weighted by molar-refractivity contribution is -0.256. The number of rotatable bonds is 21. The number of azide groups is 1. The Bertz CT molecular complexity index is 1380. The molecule has 0 spiro atoms. The number of cyclic esters (lactones) is 2. The minimum absolute atomic E-state index is 0.0147. The Morgan fingerprint density at radius 1 is 1.20 bits per heavy atom. The van der Waals surface area contributed by atoms with Crippen LogP contribution in [-0.2, 0) is 37.8 Å². The summed E-state index contributed by atoms with van der Waals surface area (Å²) in [7, 11) is 5.42. The largest absolute Gasteiger partial charge is 0.457 e. The van der Waals surface area contributed by atoms with Crippen LogP contribution >= 0.6 is 8.46 Å². The van der Waals surface area contributed by atoms with Gasteiger partial charge in [-0.05, 0) is 98.8 Å². The van der Waals surface area contributed by atoms with Gasteiger partial charge < -0.3 is 43.7 Å². The molecule has 0 aliphatic carbocycles. The molecule has 16 nitrogen and oxygen atoms in total. The number of carbonyl (C=O) groups excluding carboxylic acids is 2. The first-order valence-electron chi connectivity index (χ1n) is 19.2. The molecule has 2 fully saturated rings. The number of hydrogen-bond acceptors (Lipinski definition) is 13. The number of amides is 1. The highest BCUT2D eigenvalue weighted by Crippen LogP contribution is 2.40. The highest BCUT2D eigenvalue weighted by atomic mass is 31.1. The van der Waals surface area contributed by atoms with E-state index in [0.29, 0.717) is 63.1 Å². The fourth-order valence-corrected chi connectivity index (χ4v) is 8.80. The molecule has 11 atom stereocenters. The van der Waals surface area contributed by atoms with E-state index >= 15 is 0 Å². The van der Waals surface area contributed by atoms with Crippen molar-refractivity contribution in [1.82, 2.24) is 15.1 Å². The molecule has 3 rings (SSSR count). The second kappa shape index (κ2) is 19.5. The lowest BCUT2D eigenvalue weighted by Crippen LogP contribution is -2.60. The molecule has 0 aromatic heterocycles. The normalized spacial score (nSPS) is 30.6. The summed E-state index contributed by atoms with van der Waals surface area (Å²) in [4.78, 5) is 32.6. The summed E-state index contributed by atoms with van der Waals surface area (Å²) >= 11 is 0. The predicted molar refractivity (Wildman–Crippen MR) is 203 cm³/mol. The van der Waals surface area contributed by atoms with E-state index < -0.39 is 59.3 Å². The molecular weight excluding hydrogens is 719 g/mol. The number of esters is 1. The third-order valence-electron chi connectivity index (χ3n) is 11.1. The zero-order valence-electron chi connectivity index (χ0n) is 34.4. The number of aliphatic hydroxyl groups is 1. The van der Waals surface area contributed by atoms with Gasteiger partial charge in [-0.15, -0.1) is 0 Å². The molecule has 0 aromatic rings. The number of aliphatic hydroxyl groups excluding tert-OH is 1. The molecule has 3 heterocycles. The number of nitrogens with one attached hydrogen (secondary N) is 1. The number of unbranched alkanes of at least 4 members (excludes halogenated alkanes) is 1. The number of methoxy groups -OCH3 is 1. The van der Waals surface area contributed by atoms with Gasteiger partial charge in [-0.25, -0.2) is 9.59 Å². The van der Waals surface area contributed by atoms with Crippen molar-refractivity contribution in [1.29, 1.82) is 0 Å². The maximum Gasteiger partial charge on any atom is 0.410 e. The van der Waals surface area contributed by atoms with Gasteiger partial charge in [0.15, 0.2) is 20.4 Å². The van der Waals surface area contributed by atoms with Crippen LogP contribution in [0.15, 0.2) is 16.4 Å². The van der Waals surface area contributed by atoms with E-state index in [-0.39, 0.29) is 39.0 Å². The highest BCUT2D eigenvalue weighted by molar-refractivity contribution is 7.25. The van der Waals surface area contributed by atoms with Crippen LogP contribution in [0.4, 0.5) is 4.79 Å². The molecule has 2 N–H and O–H groups in total. The van der Waals surface area contributed by atoms with Gasteiger partial charge in [0.05, 0.1) is 35.5 Å². The average Bonchev–Trinajstić information content (AvgIpc) is 3.37. The maximum absolute atomic E-state index is 13.2. The van der Waals surface area contributed by atoms with Crippen molar-refractivity contribution in [3.8, 4) is 0 Å². The summed E-state index contributed by atoms with van der Waals surface area (Å²) in [6.07, 6.45) is -0.0981. The van der Waals surface area contributed by atoms with Gasteiger partial charge in [-0.3, -0.25) is 9.46 Å². The number of ether oxygens (including phenoxy) is 6. The van der Waals surface area contributed by atoms with Gasteiger partial charge in [0.1, 0.15) is 11.4 Å². The second-order valence-electron chi connectivity index (χ2n) is 16.2. The Kier molecular flexibility index (Phi) is 16.6. The van der Waals surface area contributed by atoms with Crippen molar-refractivity contribution in [3.05, 3.63) is 21.8 Å². The molecule has 0 saturated carbocycles. The van der Waals surface area contributed by atoms with Crippen molar-refractivity contribution in [2.45, 2.75) is 166 Å². The van der Waals surface area contributed by atoms with Crippen molar-refractivity contribution < 1.29 is 47.7 Å². The Labute approximate surface area is 322 Å². The van der Waals surface area contributed by atoms with E-state index in [1.54, 1.807) is 39.7 Å². The van der Waals surface area contributed by atoms with Gasteiger partial charge >= 0.3 is 12.1 Å². The fourth-order valence-electron chi connectivity index (χ4n) is 8.03. The van der Waals surface area contributed by atoms with Crippen LogP contribution in [0.2, 0.25) is 0 Å². The summed E-state index contributed by atoms with van der Waals surface area (Å²) in [6.45, 7) is 17.9. The van der Waals surface area contributed by atoms with E-state index in [2.05, 4.69) is 22.3 Å². The van der Waals surface area contributed by atoms with Gasteiger partial charge in [-0.2, -0.15) is 0 Å². The van der Waals surface area contributed by atoms with Crippen molar-refractivity contribution in [2.24, 2.45) is 11.0 Å². The Morgan fingerprint density at radius 3 is 2.48 bits per heavy atom. The Morgan fingerprint density at radius 2 is 1.89 bits per heavy atom. The summed E-state index contributed by atoms with van der Waals surface area (Å²) in [5.74, 6) is -1.25. The lowest BCUT2D eigenvalue weighted by atomic mass is 9.83. The first kappa shape index (κ1) is 45.8. The van der Waals surface area contributed by atoms with Crippen LogP contribution < -0.4 is 5.32 Å². The van der Waals surface area contributed by atoms with Gasteiger partial charge in [0.2, 0.25) is 5.79 Å². The van der Waals surface area contributed by atoms with Crippen LogP contribution in [0, 0.1) is 5.92 Å². The fraction of sp³-hybridized carbons (Fsp3) is 0.892. The first-order valence-corrected chi connectivity index (χ1v) is 20.0. The predicted octanol–water partition coefficient (Wildman–Crippen LogP) is 5.92. The summed E-state index contributed by atoms with van der Waals surface area (Å²) in [6, 6.07) is -0.820. The molecule has 0 radical (unpaired) electrons. The number of nitrogens with zero attached hydrogens (tertiary/aromatic N) is 5. The lowest BCUT2D eigenvalue weighted by Gasteiger charge is -2.46. The molecule has 1 amide bonds. The third-order valence-corrected chi connectivity index (χ3v) is 12.0. The van der Waals surface area contributed by atoms with Crippen LogP contribution in [0.1, 0.15) is 101 Å². The van der Waals surface area contributed by atoms with Crippen molar-refractivity contribution in [2.75, 3.05) is 40.8 Å². The summed E-state index contributed by atoms with van der Waals surface area (Å²) in [5, 5.41) is 18.3. The van der Waals surface area contributed by atoms with E-state index in [1.807, 2.05) is 46.7 Å². The molecule has 2 saturated heterocycles. The zero-order chi connectivity index (χ0) is 40.6. The van der Waals surface area contributed by atoms with E-state index in [9.17, 15) is 19.3 Å². The molecule has 54 heavy (non-hydrogen) atoms. The van der Waals surface area contributed by atoms with Gasteiger partial charge in [0, 0.05) is 57.5 Å². The highest BCUT2D eigenvalue weighted by Gasteiger charge is 2.56. The maximum atomic E-state index is 13.2. The quantitative estimate of drug-likeness (QED) is 0.0349. The van der Waals surface area contributed by atoms with E-state index in [1.165, 1.54) is 0 Å². The van der Waals surface area contributed by atoms with Gasteiger partial charge in [0.25, 0.3) is 0 Å². The number of carbonyl (C=O) groups is 2. The van der Waals surface area contributed by atoms with Crippen LogP contribution in [0.5, 0.6) is 0 Å². The number of hydrogen-bond donors (Lipinski definition) is 2. The SMILES string of the molecule is CC[C@@H](O)[C@@]1(C)OC(=O)N(CCCCN=[N+]=[N-])[C@@H]1[C@@H](C)NC[C@H](C)C[C@@](C)(OC)[C@@H](CC1=C(C)C(=O)OC(C)(C)O1)O[C@@H]1OC(C)CC(N(C)C)C1P=O. The van der Waals surface area contributed by atoms with E-state index in [0.717, 1.165) is 0 Å². The third kappa shape index (κ3) is 11.1. The summed E-state index contributed by atoms with van der Waals surface area (Å²) < 4.78 is 49.6. The average molecular weight is 785 g/mol. The molecule has 0 bridgehead atoms. The van der Waals surface area contributed by atoms with Crippen molar-refractivity contribution in [3.63, 3.8) is 0 Å². The van der Waals surface area contributed by atoms with Crippen LogP contribution in [0.3, 0.4) is 0 Å². The van der Waals surface area contributed by atoms with E-state index in [4.69, 9.17) is 34.0 Å². The zero-order valence-corrected chi connectivity index (χ0v) is 35.3. The smallest absolute Gasteiger partial charge is 0.410 e. The molecular formula is C37H65N6O10P. The monoisotopic (exact) mass is 784 g/mol. The molecule has 17 heteroatoms. The van der Waals surface area contributed by atoms with Crippen LogP contribution in [0.25, 0.3) is 10.4 Å².